The van der Waals surface area contributed by atoms with E-state index in [-0.39, 0.29) is 11.7 Å². The SMILES string of the molecule is CC(C)(O)c1nc(Br)c(C=O)o1. The molecule has 1 N–H and O–H groups in total. The number of hydrogen-bond donors (Lipinski definition) is 1. The van der Waals surface area contributed by atoms with Crippen LogP contribution in [0.4, 0.5) is 0 Å². The highest BCUT2D eigenvalue weighted by molar-refractivity contribution is 9.10. The lowest BCUT2D eigenvalue weighted by atomic mass is 10.1. The number of aldehydes is 1. The second-order valence-corrected chi connectivity index (χ2v) is 3.60. The summed E-state index contributed by atoms with van der Waals surface area (Å²) in [6.45, 7) is 3.06. The average Bonchev–Trinajstić information content (AvgIpc) is 2.29. The minimum atomic E-state index is -1.16. The summed E-state index contributed by atoms with van der Waals surface area (Å²) >= 11 is 3.02. The predicted octanol–water partition coefficient (Wildman–Crippen LogP) is 1.48. The molecule has 0 aliphatic carbocycles. The van der Waals surface area contributed by atoms with E-state index in [0.29, 0.717) is 10.9 Å². The van der Waals surface area contributed by atoms with Gasteiger partial charge >= 0.3 is 0 Å². The summed E-state index contributed by atoms with van der Waals surface area (Å²) < 4.78 is 5.27. The van der Waals surface area contributed by atoms with Crippen LogP contribution in [0.1, 0.15) is 30.3 Å². The van der Waals surface area contributed by atoms with Crippen LogP contribution >= 0.6 is 15.9 Å². The number of aliphatic hydroxyl groups is 1. The van der Waals surface area contributed by atoms with E-state index in [1.54, 1.807) is 0 Å². The first-order valence-corrected chi connectivity index (χ1v) is 4.09. The molecule has 0 aliphatic rings. The number of hydrogen-bond acceptors (Lipinski definition) is 4. The van der Waals surface area contributed by atoms with Crippen LogP contribution in [0.2, 0.25) is 0 Å². The number of halogens is 1. The van der Waals surface area contributed by atoms with Gasteiger partial charge in [-0.1, -0.05) is 0 Å². The van der Waals surface area contributed by atoms with Gasteiger partial charge in [0, 0.05) is 0 Å². The van der Waals surface area contributed by atoms with Gasteiger partial charge < -0.3 is 9.52 Å². The third kappa shape index (κ3) is 1.73. The number of carbonyl (C=O) groups is 1. The first kappa shape index (κ1) is 9.41. The fraction of sp³-hybridized carbons (Fsp3) is 0.429. The van der Waals surface area contributed by atoms with Crippen LogP contribution in [0.15, 0.2) is 9.02 Å². The Hall–Kier alpha value is -0.680. The average molecular weight is 234 g/mol. The molecule has 0 fully saturated rings. The maximum absolute atomic E-state index is 10.3. The molecule has 0 aliphatic heterocycles. The summed E-state index contributed by atoms with van der Waals surface area (Å²) in [5, 5.41) is 9.43. The summed E-state index contributed by atoms with van der Waals surface area (Å²) in [6.07, 6.45) is 0.534. The molecular formula is C7H8BrNO3. The van der Waals surface area contributed by atoms with E-state index >= 15 is 0 Å². The molecule has 0 saturated carbocycles. The van der Waals surface area contributed by atoms with Crippen molar-refractivity contribution in [1.82, 2.24) is 4.98 Å². The molecule has 12 heavy (non-hydrogen) atoms. The Bertz CT molecular complexity index is 300. The van der Waals surface area contributed by atoms with E-state index in [9.17, 15) is 9.90 Å². The zero-order valence-electron chi connectivity index (χ0n) is 6.67. The third-order valence-corrected chi connectivity index (χ3v) is 1.81. The molecule has 0 unspecified atom stereocenters. The molecule has 1 heterocycles. The van der Waals surface area contributed by atoms with Gasteiger partial charge in [0.1, 0.15) is 5.60 Å². The molecule has 66 valence electrons. The van der Waals surface area contributed by atoms with Crippen molar-refractivity contribution in [2.45, 2.75) is 19.4 Å². The molecule has 0 spiro atoms. The molecular weight excluding hydrogens is 226 g/mol. The van der Waals surface area contributed by atoms with Gasteiger partial charge in [-0.05, 0) is 29.8 Å². The maximum atomic E-state index is 10.3. The maximum Gasteiger partial charge on any atom is 0.227 e. The molecule has 1 aromatic heterocycles. The van der Waals surface area contributed by atoms with Crippen molar-refractivity contribution < 1.29 is 14.3 Å². The van der Waals surface area contributed by atoms with E-state index in [2.05, 4.69) is 20.9 Å². The van der Waals surface area contributed by atoms with Crippen molar-refractivity contribution in [2.75, 3.05) is 0 Å². The molecule has 4 nitrogen and oxygen atoms in total. The number of carbonyl (C=O) groups excluding carboxylic acids is 1. The second kappa shape index (κ2) is 2.99. The first-order chi connectivity index (χ1) is 5.45. The summed E-state index contributed by atoms with van der Waals surface area (Å²) in [6, 6.07) is 0. The summed E-state index contributed by atoms with van der Waals surface area (Å²) in [5.41, 5.74) is -1.16. The smallest absolute Gasteiger partial charge is 0.227 e. The van der Waals surface area contributed by atoms with Gasteiger partial charge in [-0.15, -0.1) is 0 Å². The van der Waals surface area contributed by atoms with E-state index < -0.39 is 5.60 Å². The molecule has 0 atom stereocenters. The van der Waals surface area contributed by atoms with Crippen molar-refractivity contribution >= 4 is 22.2 Å². The van der Waals surface area contributed by atoms with E-state index in [1.807, 2.05) is 0 Å². The number of nitrogens with zero attached hydrogens (tertiary/aromatic N) is 1. The Kier molecular flexibility index (Phi) is 2.34. The number of rotatable bonds is 2. The monoisotopic (exact) mass is 233 g/mol. The molecule has 0 saturated heterocycles. The Morgan fingerprint density at radius 3 is 2.50 bits per heavy atom. The van der Waals surface area contributed by atoms with Gasteiger partial charge in [0.05, 0.1) is 0 Å². The number of aromatic nitrogens is 1. The Morgan fingerprint density at radius 2 is 2.25 bits per heavy atom. The van der Waals surface area contributed by atoms with Gasteiger partial charge in [-0.2, -0.15) is 0 Å². The third-order valence-electron chi connectivity index (χ3n) is 1.24. The van der Waals surface area contributed by atoms with E-state index in [4.69, 9.17) is 4.42 Å². The van der Waals surface area contributed by atoms with E-state index in [0.717, 1.165) is 0 Å². The summed E-state index contributed by atoms with van der Waals surface area (Å²) in [5.74, 6) is 0.212. The van der Waals surface area contributed by atoms with Gasteiger partial charge in [-0.25, -0.2) is 4.98 Å². The van der Waals surface area contributed by atoms with Crippen molar-refractivity contribution in [3.8, 4) is 0 Å². The molecule has 1 aromatic rings. The quantitative estimate of drug-likeness (QED) is 0.787. The normalized spacial score (nSPS) is 11.7. The van der Waals surface area contributed by atoms with E-state index in [1.165, 1.54) is 13.8 Å². The highest BCUT2D eigenvalue weighted by Crippen LogP contribution is 2.23. The van der Waals surface area contributed by atoms with Crippen molar-refractivity contribution in [2.24, 2.45) is 0 Å². The van der Waals surface area contributed by atoms with Crippen LogP contribution in [-0.4, -0.2) is 16.4 Å². The lowest BCUT2D eigenvalue weighted by Crippen LogP contribution is -2.15. The lowest BCUT2D eigenvalue weighted by molar-refractivity contribution is 0.0474. The Morgan fingerprint density at radius 1 is 1.67 bits per heavy atom. The zero-order valence-corrected chi connectivity index (χ0v) is 8.25. The first-order valence-electron chi connectivity index (χ1n) is 3.29. The van der Waals surface area contributed by atoms with Crippen LogP contribution in [-0.2, 0) is 5.60 Å². The molecule has 5 heteroatoms. The fourth-order valence-corrected chi connectivity index (χ4v) is 0.983. The van der Waals surface area contributed by atoms with Gasteiger partial charge in [0.25, 0.3) is 0 Å². The molecule has 0 aromatic carbocycles. The highest BCUT2D eigenvalue weighted by atomic mass is 79.9. The van der Waals surface area contributed by atoms with Crippen LogP contribution < -0.4 is 0 Å². The van der Waals surface area contributed by atoms with Crippen LogP contribution in [0.5, 0.6) is 0 Å². The second-order valence-electron chi connectivity index (χ2n) is 2.85. The standard InChI is InChI=1S/C7H8BrNO3/c1-7(2,11)6-9-5(8)4(3-10)12-6/h3,11H,1-2H3. The molecule has 0 amide bonds. The van der Waals surface area contributed by atoms with Crippen LogP contribution in [0, 0.1) is 0 Å². The van der Waals surface area contributed by atoms with Crippen LogP contribution in [0.3, 0.4) is 0 Å². The fourth-order valence-electron chi connectivity index (χ4n) is 0.648. The Labute approximate surface area is 77.7 Å². The predicted molar refractivity (Wildman–Crippen MR) is 44.8 cm³/mol. The van der Waals surface area contributed by atoms with Gasteiger partial charge in [0.2, 0.25) is 11.7 Å². The largest absolute Gasteiger partial charge is 0.433 e. The van der Waals surface area contributed by atoms with Gasteiger partial charge in [-0.3, -0.25) is 4.79 Å². The topological polar surface area (TPSA) is 63.3 Å². The summed E-state index contributed by atoms with van der Waals surface area (Å²) in [4.78, 5) is 14.1. The zero-order chi connectivity index (χ0) is 9.35. The minimum Gasteiger partial charge on any atom is -0.433 e. The van der Waals surface area contributed by atoms with Crippen molar-refractivity contribution in [3.05, 3.63) is 16.3 Å². The van der Waals surface area contributed by atoms with Gasteiger partial charge in [0.15, 0.2) is 10.9 Å². The lowest BCUT2D eigenvalue weighted by Gasteiger charge is -2.10. The molecule has 1 rings (SSSR count). The van der Waals surface area contributed by atoms with Crippen molar-refractivity contribution in [3.63, 3.8) is 0 Å². The molecule has 0 bridgehead atoms. The molecule has 0 radical (unpaired) electrons. The Balaban J connectivity index is 3.13. The van der Waals surface area contributed by atoms with Crippen molar-refractivity contribution in [1.29, 1.82) is 0 Å². The number of oxazole rings is 1. The minimum absolute atomic E-state index is 0.0899. The summed E-state index contributed by atoms with van der Waals surface area (Å²) in [7, 11) is 0. The van der Waals surface area contributed by atoms with Crippen LogP contribution in [0.25, 0.3) is 0 Å². The highest BCUT2D eigenvalue weighted by Gasteiger charge is 2.24.